The van der Waals surface area contributed by atoms with Gasteiger partial charge in [-0.05, 0) is 64.9 Å². The summed E-state index contributed by atoms with van der Waals surface area (Å²) in [5.41, 5.74) is 4.43. The minimum Gasteiger partial charge on any atom is -0.460 e. The van der Waals surface area contributed by atoms with E-state index < -0.39 is 25.7 Å². The van der Waals surface area contributed by atoms with Crippen molar-refractivity contribution < 1.29 is 23.5 Å². The summed E-state index contributed by atoms with van der Waals surface area (Å²) in [6.07, 6.45) is 0.511. The summed E-state index contributed by atoms with van der Waals surface area (Å²) < 4.78 is 18.0. The van der Waals surface area contributed by atoms with Crippen LogP contribution in [0.1, 0.15) is 54.2 Å². The van der Waals surface area contributed by atoms with Gasteiger partial charge in [-0.2, -0.15) is 0 Å². The van der Waals surface area contributed by atoms with Crippen molar-refractivity contribution in [3.8, 4) is 0 Å². The monoisotopic (exact) mass is 544 g/mol. The number of esters is 2. The molecule has 0 N–H and O–H groups in total. The largest absolute Gasteiger partial charge is 0.460 e. The number of aryl methyl sites for hydroxylation is 1. The SMILES string of the molecule is Cc1cc(CO[Si](C)(C)C(C)(C)C)cc2c1CC(C(=O)OCc1ccccc1)(C(=O)OCc1ccccc1)C2. The molecule has 0 heterocycles. The first kappa shape index (κ1) is 28.8. The van der Waals surface area contributed by atoms with Crippen LogP contribution in [0.3, 0.4) is 0 Å². The number of fused-ring (bicyclic) bond motifs is 1. The molecule has 0 saturated heterocycles. The molecule has 3 aromatic carbocycles. The molecule has 39 heavy (non-hydrogen) atoms. The van der Waals surface area contributed by atoms with Crippen LogP contribution in [-0.2, 0) is 56.2 Å². The minimum atomic E-state index is -1.93. The summed E-state index contributed by atoms with van der Waals surface area (Å²) in [7, 11) is -1.93. The Hall–Kier alpha value is -3.22. The highest BCUT2D eigenvalue weighted by Gasteiger charge is 2.53. The second-order valence-electron chi connectivity index (χ2n) is 12.2. The van der Waals surface area contributed by atoms with E-state index in [-0.39, 0.29) is 31.1 Å². The maximum absolute atomic E-state index is 13.7. The van der Waals surface area contributed by atoms with E-state index in [9.17, 15) is 9.59 Å². The van der Waals surface area contributed by atoms with E-state index in [0.29, 0.717) is 6.61 Å². The maximum atomic E-state index is 13.7. The molecule has 0 saturated carbocycles. The van der Waals surface area contributed by atoms with Crippen LogP contribution in [0, 0.1) is 12.3 Å². The molecule has 0 radical (unpaired) electrons. The van der Waals surface area contributed by atoms with Gasteiger partial charge in [-0.3, -0.25) is 9.59 Å². The highest BCUT2D eigenvalue weighted by atomic mass is 28.4. The van der Waals surface area contributed by atoms with Crippen LogP contribution in [0.15, 0.2) is 72.8 Å². The van der Waals surface area contributed by atoms with Gasteiger partial charge >= 0.3 is 11.9 Å². The lowest BCUT2D eigenvalue weighted by molar-refractivity contribution is -0.173. The molecule has 4 rings (SSSR count). The Morgan fingerprint density at radius 2 is 1.28 bits per heavy atom. The van der Waals surface area contributed by atoms with E-state index in [0.717, 1.165) is 33.4 Å². The third kappa shape index (κ3) is 6.51. The van der Waals surface area contributed by atoms with Gasteiger partial charge in [-0.1, -0.05) is 93.6 Å². The Balaban J connectivity index is 1.58. The van der Waals surface area contributed by atoms with Crippen molar-refractivity contribution in [2.24, 2.45) is 5.41 Å². The highest BCUT2D eigenvalue weighted by molar-refractivity contribution is 6.74. The first-order chi connectivity index (χ1) is 18.4. The Labute approximate surface area is 233 Å². The fourth-order valence-electron chi connectivity index (χ4n) is 4.73. The number of ether oxygens (including phenoxy) is 2. The number of hydrogen-bond acceptors (Lipinski definition) is 5. The van der Waals surface area contributed by atoms with Crippen molar-refractivity contribution in [1.82, 2.24) is 0 Å². The number of rotatable bonds is 9. The molecule has 206 valence electrons. The van der Waals surface area contributed by atoms with Crippen LogP contribution < -0.4 is 0 Å². The fraction of sp³-hybridized carbons (Fsp3) is 0.394. The molecule has 0 aliphatic heterocycles. The fourth-order valence-corrected chi connectivity index (χ4v) is 5.69. The molecule has 0 fully saturated rings. The molecular weight excluding hydrogens is 504 g/mol. The van der Waals surface area contributed by atoms with E-state index in [2.05, 4.69) is 46.0 Å². The molecule has 3 aromatic rings. The zero-order valence-electron chi connectivity index (χ0n) is 24.0. The summed E-state index contributed by atoms with van der Waals surface area (Å²) >= 11 is 0. The van der Waals surface area contributed by atoms with Gasteiger partial charge < -0.3 is 13.9 Å². The zero-order valence-corrected chi connectivity index (χ0v) is 25.0. The van der Waals surface area contributed by atoms with Crippen molar-refractivity contribution in [2.45, 2.75) is 78.5 Å². The smallest absolute Gasteiger partial charge is 0.324 e. The number of carbonyl (C=O) groups excluding carboxylic acids is 2. The zero-order chi connectivity index (χ0) is 28.3. The molecule has 6 heteroatoms. The first-order valence-corrected chi connectivity index (χ1v) is 16.5. The summed E-state index contributed by atoms with van der Waals surface area (Å²) in [4.78, 5) is 27.4. The van der Waals surface area contributed by atoms with Crippen LogP contribution in [0.5, 0.6) is 0 Å². The van der Waals surface area contributed by atoms with Crippen molar-refractivity contribution in [2.75, 3.05) is 0 Å². The second-order valence-corrected chi connectivity index (χ2v) is 17.0. The van der Waals surface area contributed by atoms with Gasteiger partial charge in [0, 0.05) is 6.42 Å². The lowest BCUT2D eigenvalue weighted by atomic mass is 9.84. The average molecular weight is 545 g/mol. The summed E-state index contributed by atoms with van der Waals surface area (Å²) in [5, 5.41) is 0.110. The third-order valence-electron chi connectivity index (χ3n) is 8.21. The Kier molecular flexibility index (Phi) is 8.47. The van der Waals surface area contributed by atoms with Gasteiger partial charge in [-0.15, -0.1) is 0 Å². The Morgan fingerprint density at radius 1 is 0.769 bits per heavy atom. The molecule has 0 atom stereocenters. The normalized spacial score (nSPS) is 14.5. The van der Waals surface area contributed by atoms with E-state index in [1.807, 2.05) is 67.6 Å². The van der Waals surface area contributed by atoms with Gasteiger partial charge in [-0.25, -0.2) is 0 Å². The van der Waals surface area contributed by atoms with Crippen LogP contribution in [0.4, 0.5) is 0 Å². The molecule has 0 bridgehead atoms. The van der Waals surface area contributed by atoms with E-state index in [1.54, 1.807) is 0 Å². The number of benzene rings is 3. The quantitative estimate of drug-likeness (QED) is 0.164. The van der Waals surface area contributed by atoms with Crippen molar-refractivity contribution in [1.29, 1.82) is 0 Å². The molecule has 0 aromatic heterocycles. The van der Waals surface area contributed by atoms with Gasteiger partial charge in [0.2, 0.25) is 0 Å². The molecule has 0 spiro atoms. The first-order valence-electron chi connectivity index (χ1n) is 13.6. The van der Waals surface area contributed by atoms with Gasteiger partial charge in [0.05, 0.1) is 6.61 Å². The van der Waals surface area contributed by atoms with Crippen LogP contribution >= 0.6 is 0 Å². The standard InChI is InChI=1S/C33H40O5Si/c1-24-17-27(23-38-39(5,6)32(2,3)4)18-28-19-33(20-29(24)28,30(34)36-21-25-13-9-7-10-14-25)31(35)37-22-26-15-11-8-12-16-26/h7-18H,19-23H2,1-6H3. The van der Waals surface area contributed by atoms with E-state index in [4.69, 9.17) is 13.9 Å². The van der Waals surface area contributed by atoms with E-state index >= 15 is 0 Å². The number of hydrogen-bond donors (Lipinski definition) is 0. The van der Waals surface area contributed by atoms with Crippen molar-refractivity contribution >= 4 is 20.3 Å². The molecular formula is C33H40O5Si. The lowest BCUT2D eigenvalue weighted by Gasteiger charge is -2.36. The average Bonchev–Trinajstić information content (AvgIpc) is 3.31. The lowest BCUT2D eigenvalue weighted by Crippen LogP contribution is -2.42. The highest BCUT2D eigenvalue weighted by Crippen LogP contribution is 2.42. The molecule has 5 nitrogen and oxygen atoms in total. The predicted octanol–water partition coefficient (Wildman–Crippen LogP) is 7.09. The molecule has 1 aliphatic rings. The topological polar surface area (TPSA) is 61.8 Å². The predicted molar refractivity (Wildman–Crippen MR) is 155 cm³/mol. The van der Waals surface area contributed by atoms with Gasteiger partial charge in [0.15, 0.2) is 13.7 Å². The second kappa shape index (κ2) is 11.5. The van der Waals surface area contributed by atoms with Crippen LogP contribution in [0.2, 0.25) is 18.1 Å². The number of carbonyl (C=O) groups is 2. The van der Waals surface area contributed by atoms with E-state index in [1.165, 1.54) is 0 Å². The third-order valence-corrected chi connectivity index (χ3v) is 12.7. The van der Waals surface area contributed by atoms with Crippen molar-refractivity contribution in [3.05, 3.63) is 106 Å². The Bertz CT molecular complexity index is 1250. The molecule has 1 aliphatic carbocycles. The molecule has 0 unspecified atom stereocenters. The van der Waals surface area contributed by atoms with Gasteiger partial charge in [0.1, 0.15) is 13.2 Å². The molecule has 0 amide bonds. The van der Waals surface area contributed by atoms with Crippen molar-refractivity contribution in [3.63, 3.8) is 0 Å². The minimum absolute atomic E-state index is 0.105. The summed E-state index contributed by atoms with van der Waals surface area (Å²) in [5.74, 6) is -1.09. The van der Waals surface area contributed by atoms with Crippen LogP contribution in [0.25, 0.3) is 0 Å². The van der Waals surface area contributed by atoms with Crippen LogP contribution in [-0.4, -0.2) is 20.3 Å². The van der Waals surface area contributed by atoms with Gasteiger partial charge in [0.25, 0.3) is 0 Å². The summed E-state index contributed by atoms with van der Waals surface area (Å²) in [6.45, 7) is 13.9. The summed E-state index contributed by atoms with van der Waals surface area (Å²) in [6, 6.07) is 23.2. The Morgan fingerprint density at radius 3 is 1.77 bits per heavy atom. The maximum Gasteiger partial charge on any atom is 0.324 e.